The summed E-state index contributed by atoms with van der Waals surface area (Å²) >= 11 is 0. The minimum absolute atomic E-state index is 0.445. The molecule has 1 saturated heterocycles. The van der Waals surface area contributed by atoms with Crippen molar-refractivity contribution in [1.29, 1.82) is 0 Å². The summed E-state index contributed by atoms with van der Waals surface area (Å²) in [5.74, 6) is 0. The lowest BCUT2D eigenvalue weighted by Crippen LogP contribution is -2.41. The Bertz CT molecular complexity index is 508. The van der Waals surface area contributed by atoms with Crippen molar-refractivity contribution in [1.82, 2.24) is 4.98 Å². The normalized spacial score (nSPS) is 21.2. The second kappa shape index (κ2) is 4.45. The van der Waals surface area contributed by atoms with Gasteiger partial charge in [-0.15, -0.1) is 0 Å². The molecule has 20 heavy (non-hydrogen) atoms. The van der Waals surface area contributed by atoms with Crippen LogP contribution in [0.3, 0.4) is 0 Å². The van der Waals surface area contributed by atoms with E-state index in [1.54, 1.807) is 19.9 Å². The van der Waals surface area contributed by atoms with E-state index in [4.69, 9.17) is 15.0 Å². The van der Waals surface area contributed by atoms with Gasteiger partial charge in [-0.3, -0.25) is 4.98 Å². The number of rotatable bonds is 2. The molecule has 0 amide bonds. The van der Waals surface area contributed by atoms with Crippen LogP contribution in [0.15, 0.2) is 12.3 Å². The molecule has 3 N–H and O–H groups in total. The fourth-order valence-corrected chi connectivity index (χ4v) is 2.16. The van der Waals surface area contributed by atoms with Gasteiger partial charge in [0.05, 0.1) is 23.1 Å². The first kappa shape index (κ1) is 15.3. The molecule has 0 radical (unpaired) electrons. The Labute approximate surface area is 120 Å². The van der Waals surface area contributed by atoms with E-state index in [0.29, 0.717) is 16.8 Å². The SMILES string of the molecule is CC(C)(O)c1ncc(N)cc1B1OC(C)(C)C(C)(C)O1. The highest BCUT2D eigenvalue weighted by Gasteiger charge is 2.53. The van der Waals surface area contributed by atoms with E-state index in [2.05, 4.69) is 4.98 Å². The van der Waals surface area contributed by atoms with Gasteiger partial charge in [0.2, 0.25) is 0 Å². The minimum atomic E-state index is -1.09. The van der Waals surface area contributed by atoms with Crippen LogP contribution in [0, 0.1) is 0 Å². The van der Waals surface area contributed by atoms with E-state index in [-0.39, 0.29) is 0 Å². The van der Waals surface area contributed by atoms with Crippen LogP contribution < -0.4 is 11.2 Å². The van der Waals surface area contributed by atoms with Gasteiger partial charge in [-0.25, -0.2) is 0 Å². The Balaban J connectivity index is 2.47. The van der Waals surface area contributed by atoms with E-state index in [1.165, 1.54) is 6.20 Å². The van der Waals surface area contributed by atoms with Crippen molar-refractivity contribution in [2.75, 3.05) is 5.73 Å². The molecule has 6 heteroatoms. The summed E-state index contributed by atoms with van der Waals surface area (Å²) < 4.78 is 12.0. The van der Waals surface area contributed by atoms with Crippen LogP contribution in [0.4, 0.5) is 5.69 Å². The van der Waals surface area contributed by atoms with Crippen LogP contribution in [0.1, 0.15) is 47.2 Å². The average Bonchev–Trinajstić information content (AvgIpc) is 2.46. The molecule has 1 aromatic heterocycles. The molecular formula is C14H23BN2O3. The van der Waals surface area contributed by atoms with Crippen molar-refractivity contribution in [2.45, 2.75) is 58.3 Å². The van der Waals surface area contributed by atoms with Crippen molar-refractivity contribution in [3.05, 3.63) is 18.0 Å². The van der Waals surface area contributed by atoms with E-state index in [9.17, 15) is 5.11 Å². The molecule has 1 fully saturated rings. The number of hydrogen-bond acceptors (Lipinski definition) is 5. The predicted molar refractivity (Wildman–Crippen MR) is 79.6 cm³/mol. The monoisotopic (exact) mass is 278 g/mol. The lowest BCUT2D eigenvalue weighted by Gasteiger charge is -2.32. The molecule has 110 valence electrons. The van der Waals surface area contributed by atoms with Crippen LogP contribution in [-0.2, 0) is 14.9 Å². The highest BCUT2D eigenvalue weighted by Crippen LogP contribution is 2.37. The molecule has 1 aliphatic heterocycles. The maximum Gasteiger partial charge on any atom is 0.496 e. The Morgan fingerprint density at radius 2 is 1.70 bits per heavy atom. The molecule has 0 aliphatic carbocycles. The number of nitrogens with zero attached hydrogens (tertiary/aromatic N) is 1. The van der Waals surface area contributed by atoms with E-state index >= 15 is 0 Å². The maximum atomic E-state index is 10.3. The summed E-state index contributed by atoms with van der Waals surface area (Å²) in [5.41, 5.74) is 5.55. The molecule has 5 nitrogen and oxygen atoms in total. The summed E-state index contributed by atoms with van der Waals surface area (Å²) in [6, 6.07) is 1.75. The van der Waals surface area contributed by atoms with Crippen molar-refractivity contribution < 1.29 is 14.4 Å². The van der Waals surface area contributed by atoms with Crippen molar-refractivity contribution in [2.24, 2.45) is 0 Å². The summed E-state index contributed by atoms with van der Waals surface area (Å²) in [6.07, 6.45) is 1.53. The molecule has 0 aromatic carbocycles. The third-order valence-corrected chi connectivity index (χ3v) is 4.03. The zero-order chi connectivity index (χ0) is 15.3. The first-order valence-corrected chi connectivity index (χ1v) is 6.78. The first-order valence-electron chi connectivity index (χ1n) is 6.78. The van der Waals surface area contributed by atoms with Gasteiger partial charge in [-0.2, -0.15) is 0 Å². The average molecular weight is 278 g/mol. The largest absolute Gasteiger partial charge is 0.496 e. The lowest BCUT2D eigenvalue weighted by atomic mass is 9.74. The van der Waals surface area contributed by atoms with Gasteiger partial charge in [0.25, 0.3) is 0 Å². The van der Waals surface area contributed by atoms with Gasteiger partial charge < -0.3 is 20.1 Å². The summed E-state index contributed by atoms with van der Waals surface area (Å²) in [6.45, 7) is 11.3. The quantitative estimate of drug-likeness (QED) is 0.794. The lowest BCUT2D eigenvalue weighted by molar-refractivity contribution is 0.00578. The van der Waals surface area contributed by atoms with Crippen LogP contribution >= 0.6 is 0 Å². The third-order valence-electron chi connectivity index (χ3n) is 4.03. The second-order valence-electron chi connectivity index (χ2n) is 6.85. The third kappa shape index (κ3) is 2.55. The molecule has 1 aromatic rings. The number of nitrogen functional groups attached to an aromatic ring is 1. The molecule has 2 rings (SSSR count). The molecule has 2 heterocycles. The summed E-state index contributed by atoms with van der Waals surface area (Å²) in [4.78, 5) is 4.25. The summed E-state index contributed by atoms with van der Waals surface area (Å²) in [5, 5.41) is 10.3. The number of pyridine rings is 1. The van der Waals surface area contributed by atoms with Crippen molar-refractivity contribution >= 4 is 18.3 Å². The standard InChI is InChI=1S/C14H23BN2O3/c1-12(2,18)11-10(7-9(16)8-17-11)15-19-13(3,4)14(5,6)20-15/h7-8,18H,16H2,1-6H3. The smallest absolute Gasteiger partial charge is 0.399 e. The second-order valence-corrected chi connectivity index (χ2v) is 6.85. The fourth-order valence-electron chi connectivity index (χ4n) is 2.16. The Kier molecular flexibility index (Phi) is 3.40. The van der Waals surface area contributed by atoms with Crippen LogP contribution in [0.25, 0.3) is 0 Å². The fraction of sp³-hybridized carbons (Fsp3) is 0.643. The van der Waals surface area contributed by atoms with Crippen molar-refractivity contribution in [3.8, 4) is 0 Å². The molecule has 0 atom stereocenters. The van der Waals surface area contributed by atoms with Crippen molar-refractivity contribution in [3.63, 3.8) is 0 Å². The Morgan fingerprint density at radius 1 is 1.20 bits per heavy atom. The van der Waals surface area contributed by atoms with Crippen LogP contribution in [0.5, 0.6) is 0 Å². The first-order chi connectivity index (χ1) is 8.94. The zero-order valence-electron chi connectivity index (χ0n) is 13.0. The molecular weight excluding hydrogens is 255 g/mol. The number of aromatic nitrogens is 1. The van der Waals surface area contributed by atoms with Gasteiger partial charge in [0, 0.05) is 11.2 Å². The van der Waals surface area contributed by atoms with Gasteiger partial charge >= 0.3 is 7.12 Å². The molecule has 0 unspecified atom stereocenters. The molecule has 0 spiro atoms. The van der Waals surface area contributed by atoms with Crippen LogP contribution in [0.2, 0.25) is 0 Å². The number of aliphatic hydroxyl groups is 1. The number of hydrogen-bond donors (Lipinski definition) is 2. The van der Waals surface area contributed by atoms with Crippen LogP contribution in [-0.4, -0.2) is 28.4 Å². The molecule has 0 bridgehead atoms. The highest BCUT2D eigenvalue weighted by molar-refractivity contribution is 6.62. The van der Waals surface area contributed by atoms with Gasteiger partial charge in [-0.05, 0) is 47.6 Å². The highest BCUT2D eigenvalue weighted by atomic mass is 16.7. The Morgan fingerprint density at radius 3 is 2.15 bits per heavy atom. The van der Waals surface area contributed by atoms with Gasteiger partial charge in [-0.1, -0.05) is 0 Å². The Hall–Kier alpha value is -1.11. The number of anilines is 1. The maximum absolute atomic E-state index is 10.3. The predicted octanol–water partition coefficient (Wildman–Crippen LogP) is 1.19. The topological polar surface area (TPSA) is 77.6 Å². The zero-order valence-corrected chi connectivity index (χ0v) is 13.0. The number of nitrogens with two attached hydrogens (primary N) is 1. The molecule has 1 aliphatic rings. The van der Waals surface area contributed by atoms with E-state index in [1.807, 2.05) is 27.7 Å². The van der Waals surface area contributed by atoms with E-state index < -0.39 is 23.9 Å². The van der Waals surface area contributed by atoms with Gasteiger partial charge in [0.15, 0.2) is 0 Å². The van der Waals surface area contributed by atoms with Gasteiger partial charge in [0.1, 0.15) is 5.60 Å². The van der Waals surface area contributed by atoms with E-state index in [0.717, 1.165) is 0 Å². The minimum Gasteiger partial charge on any atom is -0.399 e. The molecule has 0 saturated carbocycles. The summed E-state index contributed by atoms with van der Waals surface area (Å²) in [7, 11) is -0.586.